The molecule has 3 aliphatic rings. The van der Waals surface area contributed by atoms with Crippen molar-refractivity contribution in [3.8, 4) is 5.75 Å². The molecule has 5 rings (SSSR count). The fourth-order valence-electron chi connectivity index (χ4n) is 6.15. The van der Waals surface area contributed by atoms with E-state index in [4.69, 9.17) is 10.5 Å². The van der Waals surface area contributed by atoms with Crippen LogP contribution in [0.1, 0.15) is 27.9 Å². The van der Waals surface area contributed by atoms with E-state index in [0.717, 1.165) is 63.4 Å². The molecule has 0 unspecified atom stereocenters. The molecule has 7 heteroatoms. The number of carbonyl (C=O) groups is 2. The molecule has 2 heterocycles. The normalized spacial score (nSPS) is 24.8. The summed E-state index contributed by atoms with van der Waals surface area (Å²) >= 11 is 0. The molecule has 180 valence electrons. The van der Waals surface area contributed by atoms with Crippen molar-refractivity contribution in [1.29, 1.82) is 0 Å². The number of hydrogen-bond acceptors (Lipinski definition) is 5. The fraction of sp³-hybridized carbons (Fsp3) is 0.481. The lowest BCUT2D eigenvalue weighted by Gasteiger charge is -2.47. The average molecular weight is 463 g/mol. The van der Waals surface area contributed by atoms with Crippen LogP contribution in [-0.2, 0) is 17.6 Å². The topological polar surface area (TPSA) is 79.1 Å². The zero-order valence-corrected chi connectivity index (χ0v) is 20.1. The smallest absolute Gasteiger partial charge is 0.248 e. The number of amides is 2. The largest absolute Gasteiger partial charge is 0.496 e. The summed E-state index contributed by atoms with van der Waals surface area (Å²) in [4.78, 5) is 31.5. The minimum Gasteiger partial charge on any atom is -0.496 e. The molecule has 2 N–H and O–H groups in total. The molecular weight excluding hydrogens is 428 g/mol. The van der Waals surface area contributed by atoms with Crippen molar-refractivity contribution in [1.82, 2.24) is 9.80 Å². The van der Waals surface area contributed by atoms with Gasteiger partial charge in [0.1, 0.15) is 5.75 Å². The first kappa shape index (κ1) is 22.7. The number of fused-ring (bicyclic) bond motifs is 2. The molecule has 2 saturated heterocycles. The van der Waals surface area contributed by atoms with E-state index in [-0.39, 0.29) is 5.92 Å². The Morgan fingerprint density at radius 3 is 2.41 bits per heavy atom. The molecule has 0 bridgehead atoms. The number of nitrogens with zero attached hydrogens (tertiary/aromatic N) is 3. The van der Waals surface area contributed by atoms with Crippen LogP contribution in [0.15, 0.2) is 42.5 Å². The second kappa shape index (κ2) is 9.29. The molecule has 0 radical (unpaired) electrons. The van der Waals surface area contributed by atoms with Gasteiger partial charge in [-0.3, -0.25) is 9.59 Å². The summed E-state index contributed by atoms with van der Waals surface area (Å²) in [6, 6.07) is 14.2. The van der Waals surface area contributed by atoms with Gasteiger partial charge in [0.05, 0.1) is 13.0 Å². The Morgan fingerprint density at radius 2 is 1.74 bits per heavy atom. The van der Waals surface area contributed by atoms with E-state index in [1.807, 2.05) is 17.0 Å². The van der Waals surface area contributed by atoms with Crippen LogP contribution in [0, 0.1) is 11.8 Å². The van der Waals surface area contributed by atoms with Crippen molar-refractivity contribution in [3.63, 3.8) is 0 Å². The quantitative estimate of drug-likeness (QED) is 0.754. The Hall–Kier alpha value is -3.06. The number of nitrogens with two attached hydrogens (primary N) is 1. The van der Waals surface area contributed by atoms with Crippen LogP contribution in [0.2, 0.25) is 0 Å². The molecule has 2 aliphatic heterocycles. The van der Waals surface area contributed by atoms with Gasteiger partial charge in [0.25, 0.3) is 0 Å². The van der Waals surface area contributed by atoms with E-state index in [1.165, 1.54) is 11.1 Å². The van der Waals surface area contributed by atoms with Crippen molar-refractivity contribution in [2.75, 3.05) is 51.8 Å². The number of anilines is 1. The minimum absolute atomic E-state index is 0.0453. The van der Waals surface area contributed by atoms with Gasteiger partial charge in [-0.1, -0.05) is 12.1 Å². The monoisotopic (exact) mass is 462 g/mol. The molecule has 2 amide bonds. The molecule has 2 aromatic rings. The molecule has 0 aromatic heterocycles. The highest BCUT2D eigenvalue weighted by Gasteiger charge is 2.41. The van der Waals surface area contributed by atoms with Gasteiger partial charge >= 0.3 is 0 Å². The van der Waals surface area contributed by atoms with E-state index in [9.17, 15) is 9.59 Å². The van der Waals surface area contributed by atoms with E-state index in [1.54, 1.807) is 19.2 Å². The van der Waals surface area contributed by atoms with Gasteiger partial charge in [-0.25, -0.2) is 0 Å². The number of benzene rings is 2. The highest BCUT2D eigenvalue weighted by atomic mass is 16.5. The Kier molecular flexibility index (Phi) is 6.21. The predicted molar refractivity (Wildman–Crippen MR) is 132 cm³/mol. The van der Waals surface area contributed by atoms with Gasteiger partial charge in [-0.2, -0.15) is 0 Å². The summed E-state index contributed by atoms with van der Waals surface area (Å²) in [6.07, 6.45) is 2.95. The maximum Gasteiger partial charge on any atom is 0.248 e. The van der Waals surface area contributed by atoms with Gasteiger partial charge in [0.2, 0.25) is 11.8 Å². The Bertz CT molecular complexity index is 1060. The highest BCUT2D eigenvalue weighted by molar-refractivity contribution is 5.93. The first-order valence-corrected chi connectivity index (χ1v) is 12.2. The van der Waals surface area contributed by atoms with Crippen LogP contribution in [0.4, 0.5) is 5.69 Å². The fourth-order valence-corrected chi connectivity index (χ4v) is 6.15. The van der Waals surface area contributed by atoms with Crippen LogP contribution in [-0.4, -0.2) is 74.5 Å². The zero-order chi connectivity index (χ0) is 23.8. The van der Waals surface area contributed by atoms with Crippen LogP contribution >= 0.6 is 0 Å². The number of hydrogen-bond donors (Lipinski definition) is 1. The molecule has 7 nitrogen and oxygen atoms in total. The van der Waals surface area contributed by atoms with Crippen LogP contribution < -0.4 is 15.4 Å². The summed E-state index contributed by atoms with van der Waals surface area (Å²) < 4.78 is 5.64. The Morgan fingerprint density at radius 1 is 1.00 bits per heavy atom. The summed E-state index contributed by atoms with van der Waals surface area (Å²) in [6.45, 7) is 3.86. The standard InChI is InChI=1S/C27H34N4O3/c1-29-17-21(14-20-15-23-19(16-24(20)29)4-3-5-25(23)34-2)27(33)31-12-10-30(11-13-31)22-8-6-18(7-9-22)26(28)32/h3-9,20-21,24H,10-17H2,1-2H3,(H2,28,32)/t20-,21-,24-/m1/s1. The first-order valence-electron chi connectivity index (χ1n) is 12.2. The van der Waals surface area contributed by atoms with E-state index in [0.29, 0.717) is 23.4 Å². The van der Waals surface area contributed by atoms with E-state index >= 15 is 0 Å². The van der Waals surface area contributed by atoms with Crippen molar-refractivity contribution in [2.45, 2.75) is 25.3 Å². The molecule has 0 spiro atoms. The molecular formula is C27H34N4O3. The first-order chi connectivity index (χ1) is 16.4. The number of likely N-dealkylation sites (tertiary alicyclic amines) is 1. The van der Waals surface area contributed by atoms with Gasteiger partial charge in [0.15, 0.2) is 0 Å². The van der Waals surface area contributed by atoms with Gasteiger partial charge in [0, 0.05) is 50.0 Å². The van der Waals surface area contributed by atoms with Crippen LogP contribution in [0.25, 0.3) is 0 Å². The number of piperidine rings is 1. The second-order valence-electron chi connectivity index (χ2n) is 9.93. The minimum atomic E-state index is -0.415. The molecule has 0 saturated carbocycles. The van der Waals surface area contributed by atoms with Crippen molar-refractivity contribution in [2.24, 2.45) is 17.6 Å². The molecule has 34 heavy (non-hydrogen) atoms. The molecule has 2 fully saturated rings. The molecule has 3 atom stereocenters. The lowest BCUT2D eigenvalue weighted by atomic mass is 9.72. The number of rotatable bonds is 4. The van der Waals surface area contributed by atoms with Crippen LogP contribution in [0.5, 0.6) is 5.75 Å². The summed E-state index contributed by atoms with van der Waals surface area (Å²) in [5.74, 6) is 1.37. The zero-order valence-electron chi connectivity index (χ0n) is 20.1. The average Bonchev–Trinajstić information content (AvgIpc) is 2.87. The summed E-state index contributed by atoms with van der Waals surface area (Å²) in [7, 11) is 3.92. The van der Waals surface area contributed by atoms with Crippen molar-refractivity contribution >= 4 is 17.5 Å². The third-order valence-corrected chi connectivity index (χ3v) is 8.01. The molecule has 2 aromatic carbocycles. The number of likely N-dealkylation sites (N-methyl/N-ethyl adjacent to an activating group) is 1. The second-order valence-corrected chi connectivity index (χ2v) is 9.93. The SMILES string of the molecule is COc1cccc2c1C[C@H]1C[C@@H](C(=O)N3CCN(c4ccc(C(N)=O)cc4)CC3)CN(C)[C@@H]1C2. The van der Waals surface area contributed by atoms with Crippen molar-refractivity contribution < 1.29 is 14.3 Å². The predicted octanol–water partition coefficient (Wildman–Crippen LogP) is 2.18. The summed E-state index contributed by atoms with van der Waals surface area (Å²) in [5.41, 5.74) is 9.63. The molecule has 1 aliphatic carbocycles. The number of carbonyl (C=O) groups excluding carboxylic acids is 2. The highest BCUT2D eigenvalue weighted by Crippen LogP contribution is 2.40. The number of piperazine rings is 1. The number of methoxy groups -OCH3 is 1. The Balaban J connectivity index is 1.22. The van der Waals surface area contributed by atoms with Gasteiger partial charge in [-0.05, 0) is 73.7 Å². The Labute approximate surface area is 201 Å². The number of primary amides is 1. The summed E-state index contributed by atoms with van der Waals surface area (Å²) in [5, 5.41) is 0. The van der Waals surface area contributed by atoms with Crippen LogP contribution in [0.3, 0.4) is 0 Å². The maximum atomic E-state index is 13.5. The maximum absolute atomic E-state index is 13.5. The lowest BCUT2D eigenvalue weighted by Crippen LogP contribution is -2.56. The third kappa shape index (κ3) is 4.25. The lowest BCUT2D eigenvalue weighted by molar-refractivity contribution is -0.139. The third-order valence-electron chi connectivity index (χ3n) is 8.01. The van der Waals surface area contributed by atoms with E-state index in [2.05, 4.69) is 35.0 Å². The van der Waals surface area contributed by atoms with Crippen molar-refractivity contribution in [3.05, 3.63) is 59.2 Å². The van der Waals surface area contributed by atoms with Gasteiger partial charge < -0.3 is 25.2 Å². The van der Waals surface area contributed by atoms with E-state index < -0.39 is 5.91 Å². The van der Waals surface area contributed by atoms with Gasteiger partial charge in [-0.15, -0.1) is 0 Å². The number of ether oxygens (including phenoxy) is 1.